The fraction of sp³-hybridized carbons (Fsp3) is 0.0417. The molecule has 1 aliphatic heterocycles. The lowest BCUT2D eigenvalue weighted by Gasteiger charge is -2.09. The fourth-order valence-corrected chi connectivity index (χ4v) is 4.72. The number of H-pyrrole nitrogens is 1. The van der Waals surface area contributed by atoms with Gasteiger partial charge in [0.25, 0.3) is 15.9 Å². The maximum Gasteiger partial charge on any atom is 0.285 e. The molecule has 2 heterocycles. The summed E-state index contributed by atoms with van der Waals surface area (Å²) in [6.07, 6.45) is 1.70. The average molecular weight is 458 g/mol. The first-order chi connectivity index (χ1) is 16.0. The summed E-state index contributed by atoms with van der Waals surface area (Å²) in [6.45, 7) is 0.396. The first kappa shape index (κ1) is 20.7. The molecule has 164 valence electrons. The highest BCUT2D eigenvalue weighted by atomic mass is 32.2. The molecule has 0 aliphatic carbocycles. The predicted octanol–water partition coefficient (Wildman–Crippen LogP) is 3.57. The average Bonchev–Trinajstić information content (AvgIpc) is 3.46. The van der Waals surface area contributed by atoms with E-state index in [2.05, 4.69) is 25.2 Å². The van der Waals surface area contributed by atoms with Gasteiger partial charge in [-0.15, -0.1) is 4.40 Å². The van der Waals surface area contributed by atoms with Crippen LogP contribution in [0.2, 0.25) is 0 Å². The lowest BCUT2D eigenvalue weighted by atomic mass is 10.1. The fourth-order valence-electron chi connectivity index (χ4n) is 3.54. The van der Waals surface area contributed by atoms with Crippen molar-refractivity contribution in [1.29, 1.82) is 0 Å². The van der Waals surface area contributed by atoms with Crippen molar-refractivity contribution in [2.75, 3.05) is 5.32 Å². The molecular formula is C24H19N5O3S. The minimum Gasteiger partial charge on any atom is -0.348 e. The Morgan fingerprint density at radius 2 is 1.67 bits per heavy atom. The van der Waals surface area contributed by atoms with Crippen LogP contribution >= 0.6 is 0 Å². The van der Waals surface area contributed by atoms with Crippen LogP contribution in [0.1, 0.15) is 21.5 Å². The Hall–Kier alpha value is -4.24. The van der Waals surface area contributed by atoms with E-state index in [-0.39, 0.29) is 16.6 Å². The number of carbonyl (C=O) groups is 1. The standard InChI is InChI=1S/C24H19N5O3S/c30-24(25-15-16-5-7-17(8-6-16)21-13-14-26-28-21)18-9-11-19(12-10-18)27-23-20-3-1-2-4-22(20)33(31,32)29-23/h1-14H,15H2,(H,25,30)(H,26,28)(H,27,29). The van der Waals surface area contributed by atoms with E-state index in [1.54, 1.807) is 48.7 Å². The van der Waals surface area contributed by atoms with Gasteiger partial charge in [0.1, 0.15) is 4.90 Å². The van der Waals surface area contributed by atoms with E-state index in [1.807, 2.05) is 30.3 Å². The molecule has 0 unspecified atom stereocenters. The first-order valence-corrected chi connectivity index (χ1v) is 11.6. The van der Waals surface area contributed by atoms with Crippen LogP contribution in [-0.4, -0.2) is 30.4 Å². The normalized spacial score (nSPS) is 13.8. The Morgan fingerprint density at radius 1 is 0.909 bits per heavy atom. The van der Waals surface area contributed by atoms with Crippen molar-refractivity contribution in [2.45, 2.75) is 11.4 Å². The summed E-state index contributed by atoms with van der Waals surface area (Å²) in [5.41, 5.74) is 4.58. The van der Waals surface area contributed by atoms with Crippen LogP contribution in [0.4, 0.5) is 5.69 Å². The molecule has 0 saturated heterocycles. The third kappa shape index (κ3) is 4.26. The number of anilines is 1. The van der Waals surface area contributed by atoms with Crippen LogP contribution in [-0.2, 0) is 16.6 Å². The van der Waals surface area contributed by atoms with Crippen LogP contribution in [0.3, 0.4) is 0 Å². The highest BCUT2D eigenvalue weighted by Crippen LogP contribution is 2.26. The van der Waals surface area contributed by atoms with E-state index in [1.165, 1.54) is 6.07 Å². The molecule has 0 spiro atoms. The summed E-state index contributed by atoms with van der Waals surface area (Å²) < 4.78 is 28.2. The molecule has 0 atom stereocenters. The van der Waals surface area contributed by atoms with Gasteiger partial charge in [-0.25, -0.2) is 0 Å². The predicted molar refractivity (Wildman–Crippen MR) is 125 cm³/mol. The molecule has 0 radical (unpaired) electrons. The Labute approximate surface area is 190 Å². The Morgan fingerprint density at radius 3 is 2.39 bits per heavy atom. The molecule has 1 amide bonds. The number of rotatable bonds is 5. The number of hydrogen-bond donors (Lipinski definition) is 3. The largest absolute Gasteiger partial charge is 0.348 e. The maximum atomic E-state index is 12.5. The Kier molecular flexibility index (Phi) is 5.23. The zero-order valence-corrected chi connectivity index (χ0v) is 18.1. The molecule has 8 nitrogen and oxygen atoms in total. The van der Waals surface area contributed by atoms with Crippen molar-refractivity contribution in [3.05, 3.63) is 102 Å². The Bertz CT molecular complexity index is 1440. The van der Waals surface area contributed by atoms with Gasteiger partial charge in [-0.1, -0.05) is 36.4 Å². The van der Waals surface area contributed by atoms with Crippen molar-refractivity contribution in [3.8, 4) is 11.3 Å². The van der Waals surface area contributed by atoms with Crippen molar-refractivity contribution in [2.24, 2.45) is 4.40 Å². The molecule has 9 heteroatoms. The molecule has 5 rings (SSSR count). The molecule has 3 N–H and O–H groups in total. The second-order valence-electron chi connectivity index (χ2n) is 7.46. The summed E-state index contributed by atoms with van der Waals surface area (Å²) in [5, 5.41) is 12.8. The molecule has 4 aromatic rings. The molecule has 0 bridgehead atoms. The van der Waals surface area contributed by atoms with Gasteiger partial charge in [-0.2, -0.15) is 13.5 Å². The van der Waals surface area contributed by atoms with Crippen molar-refractivity contribution in [1.82, 2.24) is 15.5 Å². The number of aromatic nitrogens is 2. The van der Waals surface area contributed by atoms with Crippen molar-refractivity contribution in [3.63, 3.8) is 0 Å². The van der Waals surface area contributed by atoms with E-state index in [4.69, 9.17) is 0 Å². The van der Waals surface area contributed by atoms with E-state index in [0.29, 0.717) is 23.4 Å². The zero-order chi connectivity index (χ0) is 22.8. The SMILES string of the molecule is O=C(NCc1ccc(-c2ccn[nH]2)cc1)c1ccc(NC2=NS(=O)(=O)c3ccccc32)cc1. The highest BCUT2D eigenvalue weighted by Gasteiger charge is 2.28. The second-order valence-corrected chi connectivity index (χ2v) is 9.04. The van der Waals surface area contributed by atoms with Gasteiger partial charge >= 0.3 is 0 Å². The first-order valence-electron chi connectivity index (χ1n) is 10.2. The quantitative estimate of drug-likeness (QED) is 0.424. The number of carbonyl (C=O) groups excluding carboxylic acids is 1. The number of fused-ring (bicyclic) bond motifs is 1. The molecular weight excluding hydrogens is 438 g/mol. The maximum absolute atomic E-state index is 12.5. The monoisotopic (exact) mass is 457 g/mol. The number of amidine groups is 1. The zero-order valence-electron chi connectivity index (χ0n) is 17.3. The summed E-state index contributed by atoms with van der Waals surface area (Å²) >= 11 is 0. The molecule has 3 aromatic carbocycles. The third-order valence-corrected chi connectivity index (χ3v) is 6.59. The number of benzene rings is 3. The van der Waals surface area contributed by atoms with Gasteiger partial charge in [0.2, 0.25) is 0 Å². The van der Waals surface area contributed by atoms with Gasteiger partial charge in [-0.05, 0) is 53.6 Å². The second kappa shape index (κ2) is 8.36. The van der Waals surface area contributed by atoms with Gasteiger partial charge in [0.15, 0.2) is 5.84 Å². The minimum absolute atomic E-state index is 0.182. The molecule has 0 fully saturated rings. The van der Waals surface area contributed by atoms with Crippen LogP contribution < -0.4 is 10.6 Å². The van der Waals surface area contributed by atoms with Gasteiger partial charge < -0.3 is 10.6 Å². The van der Waals surface area contributed by atoms with Crippen LogP contribution in [0, 0.1) is 0 Å². The van der Waals surface area contributed by atoms with Crippen molar-refractivity contribution >= 4 is 27.5 Å². The molecule has 1 aliphatic rings. The number of hydrogen-bond acceptors (Lipinski definition) is 5. The number of aromatic amines is 1. The van der Waals surface area contributed by atoms with Crippen LogP contribution in [0.15, 0.2) is 94.4 Å². The highest BCUT2D eigenvalue weighted by molar-refractivity contribution is 7.90. The Balaban J connectivity index is 1.21. The summed E-state index contributed by atoms with van der Waals surface area (Å²) in [4.78, 5) is 12.7. The lowest BCUT2D eigenvalue weighted by Crippen LogP contribution is -2.22. The number of sulfonamides is 1. The topological polar surface area (TPSA) is 116 Å². The molecule has 33 heavy (non-hydrogen) atoms. The number of nitrogens with zero attached hydrogens (tertiary/aromatic N) is 2. The van der Waals surface area contributed by atoms with E-state index >= 15 is 0 Å². The van der Waals surface area contributed by atoms with Gasteiger partial charge in [0, 0.05) is 29.6 Å². The van der Waals surface area contributed by atoms with E-state index in [0.717, 1.165) is 16.8 Å². The smallest absolute Gasteiger partial charge is 0.285 e. The summed E-state index contributed by atoms with van der Waals surface area (Å²) in [6, 6.07) is 23.2. The molecule has 0 saturated carbocycles. The van der Waals surface area contributed by atoms with Gasteiger partial charge in [-0.3, -0.25) is 9.89 Å². The van der Waals surface area contributed by atoms with Crippen LogP contribution in [0.25, 0.3) is 11.3 Å². The lowest BCUT2D eigenvalue weighted by molar-refractivity contribution is 0.0951. The van der Waals surface area contributed by atoms with E-state index in [9.17, 15) is 13.2 Å². The number of amides is 1. The third-order valence-electron chi connectivity index (χ3n) is 5.26. The van der Waals surface area contributed by atoms with E-state index < -0.39 is 10.0 Å². The van der Waals surface area contributed by atoms with Gasteiger partial charge in [0.05, 0.1) is 5.69 Å². The summed E-state index contributed by atoms with van der Waals surface area (Å²) in [5.74, 6) is 0.0618. The van der Waals surface area contributed by atoms with Crippen LogP contribution in [0.5, 0.6) is 0 Å². The number of nitrogens with one attached hydrogen (secondary N) is 3. The molecule has 1 aromatic heterocycles. The van der Waals surface area contributed by atoms with Crippen molar-refractivity contribution < 1.29 is 13.2 Å². The minimum atomic E-state index is -3.69. The summed E-state index contributed by atoms with van der Waals surface area (Å²) in [7, 11) is -3.69.